The van der Waals surface area contributed by atoms with Gasteiger partial charge >= 0.3 is 0 Å². The van der Waals surface area contributed by atoms with Crippen molar-refractivity contribution in [2.24, 2.45) is 0 Å². The second-order valence-corrected chi connectivity index (χ2v) is 8.56. The number of aliphatic hydroxyl groups excluding tert-OH is 1. The van der Waals surface area contributed by atoms with Gasteiger partial charge in [-0.3, -0.25) is 14.4 Å². The fourth-order valence-electron chi connectivity index (χ4n) is 4.81. The minimum atomic E-state index is -1.65. The van der Waals surface area contributed by atoms with E-state index in [2.05, 4.69) is 15.9 Å². The number of fused-ring (bicyclic) bond motifs is 5. The Morgan fingerprint density at radius 2 is 1.87 bits per heavy atom. The molecule has 3 aromatic rings. The van der Waals surface area contributed by atoms with Crippen molar-refractivity contribution in [3.8, 4) is 0 Å². The summed E-state index contributed by atoms with van der Waals surface area (Å²) in [5.74, 6) is -1.10. The molecule has 0 saturated heterocycles. The first-order chi connectivity index (χ1) is 15.0. The number of nitrogens with zero attached hydrogens (tertiary/aromatic N) is 2. The van der Waals surface area contributed by atoms with Crippen LogP contribution in [0.25, 0.3) is 11.0 Å². The number of hydrogen-bond donors (Lipinski definition) is 1. The van der Waals surface area contributed by atoms with Crippen LogP contribution >= 0.6 is 15.9 Å². The van der Waals surface area contributed by atoms with Crippen LogP contribution in [0.4, 0.5) is 5.69 Å². The topological polar surface area (TPSA) is 91.1 Å². The zero-order valence-electron chi connectivity index (χ0n) is 16.7. The lowest BCUT2D eigenvalue weighted by atomic mass is 9.84. The molecule has 3 heterocycles. The average molecular weight is 483 g/mol. The number of anilines is 1. The van der Waals surface area contributed by atoms with Crippen molar-refractivity contribution in [2.45, 2.75) is 18.9 Å². The minimum absolute atomic E-state index is 0.0209. The number of carbonyl (C=O) groups is 2. The molecule has 8 heteroatoms. The van der Waals surface area contributed by atoms with Crippen LogP contribution in [0.2, 0.25) is 0 Å². The highest BCUT2D eigenvalue weighted by Gasteiger charge is 2.64. The van der Waals surface area contributed by atoms with Gasteiger partial charge in [0.1, 0.15) is 5.58 Å². The first kappa shape index (κ1) is 20.0. The van der Waals surface area contributed by atoms with Gasteiger partial charge in [0, 0.05) is 23.1 Å². The van der Waals surface area contributed by atoms with E-state index in [1.807, 2.05) is 19.1 Å². The number of halogens is 1. The SMILES string of the molecule is CCCN1C(=O)C2(c3ccccc31)c1c(oc3ccc(Br)cc3c1=O)C(=O)N2CCO. The second kappa shape index (κ2) is 7.03. The van der Waals surface area contributed by atoms with Crippen molar-refractivity contribution in [3.63, 3.8) is 0 Å². The van der Waals surface area contributed by atoms with E-state index in [0.29, 0.717) is 28.7 Å². The molecule has 7 nitrogen and oxygen atoms in total. The number of benzene rings is 2. The first-order valence-corrected chi connectivity index (χ1v) is 10.9. The maximum atomic E-state index is 14.0. The smallest absolute Gasteiger partial charge is 0.291 e. The van der Waals surface area contributed by atoms with Gasteiger partial charge < -0.3 is 19.3 Å². The van der Waals surface area contributed by atoms with E-state index in [0.717, 1.165) is 0 Å². The Morgan fingerprint density at radius 3 is 2.61 bits per heavy atom. The number of hydrogen-bond acceptors (Lipinski definition) is 5. The molecule has 2 aliphatic heterocycles. The summed E-state index contributed by atoms with van der Waals surface area (Å²) in [7, 11) is 0. The summed E-state index contributed by atoms with van der Waals surface area (Å²) in [5.41, 5.74) is -0.578. The second-order valence-electron chi connectivity index (χ2n) is 7.64. The standard InChI is InChI=1S/C23H19BrN2O5/c1-2-9-25-16-6-4-3-5-15(16)23(22(25)30)18-19(28)14-12-13(24)7-8-17(14)31-20(18)21(29)26(23)10-11-27/h3-8,12,27H,2,9-11H2,1H3. The van der Waals surface area contributed by atoms with Crippen LogP contribution in [0.1, 0.15) is 35.0 Å². The summed E-state index contributed by atoms with van der Waals surface area (Å²) < 4.78 is 6.59. The van der Waals surface area contributed by atoms with Gasteiger partial charge in [-0.1, -0.05) is 41.1 Å². The van der Waals surface area contributed by atoms with Crippen molar-refractivity contribution >= 4 is 44.4 Å². The highest BCUT2D eigenvalue weighted by molar-refractivity contribution is 9.10. The molecule has 2 aliphatic rings. The molecule has 5 rings (SSSR count). The van der Waals surface area contributed by atoms with Crippen LogP contribution in [0, 0.1) is 0 Å². The Balaban J connectivity index is 1.93. The van der Waals surface area contributed by atoms with Crippen molar-refractivity contribution in [1.82, 2.24) is 4.90 Å². The van der Waals surface area contributed by atoms with Crippen molar-refractivity contribution in [2.75, 3.05) is 24.6 Å². The lowest BCUT2D eigenvalue weighted by molar-refractivity contribution is -0.126. The molecular weight excluding hydrogens is 464 g/mol. The monoisotopic (exact) mass is 482 g/mol. The zero-order valence-corrected chi connectivity index (χ0v) is 18.3. The van der Waals surface area contributed by atoms with E-state index < -0.39 is 16.9 Å². The lowest BCUT2D eigenvalue weighted by Gasteiger charge is -2.33. The summed E-state index contributed by atoms with van der Waals surface area (Å²) in [6.45, 7) is 1.94. The third kappa shape index (κ3) is 2.46. The Hall–Kier alpha value is -2.97. The third-order valence-electron chi connectivity index (χ3n) is 5.97. The van der Waals surface area contributed by atoms with Gasteiger partial charge in [-0.25, -0.2) is 0 Å². The highest BCUT2D eigenvalue weighted by atomic mass is 79.9. The van der Waals surface area contributed by atoms with Crippen LogP contribution < -0.4 is 10.3 Å². The number of aliphatic hydroxyl groups is 1. The van der Waals surface area contributed by atoms with E-state index in [9.17, 15) is 19.5 Å². The summed E-state index contributed by atoms with van der Waals surface area (Å²) in [6.07, 6.45) is 0.705. The first-order valence-electron chi connectivity index (χ1n) is 10.1. The van der Waals surface area contributed by atoms with Crippen molar-refractivity contribution in [3.05, 3.63) is 74.0 Å². The molecule has 0 aliphatic carbocycles. The van der Waals surface area contributed by atoms with Gasteiger partial charge in [-0.15, -0.1) is 0 Å². The van der Waals surface area contributed by atoms with Crippen LogP contribution in [0.3, 0.4) is 0 Å². The maximum absolute atomic E-state index is 14.0. The zero-order chi connectivity index (χ0) is 21.9. The predicted molar refractivity (Wildman–Crippen MR) is 118 cm³/mol. The van der Waals surface area contributed by atoms with E-state index in [1.54, 1.807) is 35.2 Å². The van der Waals surface area contributed by atoms with Gasteiger partial charge in [0.15, 0.2) is 11.0 Å². The maximum Gasteiger partial charge on any atom is 0.291 e. The van der Waals surface area contributed by atoms with Crippen molar-refractivity contribution in [1.29, 1.82) is 0 Å². The lowest BCUT2D eigenvalue weighted by Crippen LogP contribution is -2.54. The molecule has 0 saturated carbocycles. The summed E-state index contributed by atoms with van der Waals surface area (Å²) in [5, 5.41) is 10.0. The summed E-state index contributed by atoms with van der Waals surface area (Å²) in [6, 6.07) is 12.1. The minimum Gasteiger partial charge on any atom is -0.450 e. The predicted octanol–water partition coefficient (Wildman–Crippen LogP) is 3.00. The molecule has 2 amide bonds. The molecular formula is C23H19BrN2O5. The van der Waals surface area contributed by atoms with Crippen LogP contribution in [-0.4, -0.2) is 41.5 Å². The molecule has 0 fully saturated rings. The van der Waals surface area contributed by atoms with Gasteiger partial charge in [0.05, 0.1) is 23.2 Å². The Kier molecular flexibility index (Phi) is 4.53. The molecule has 158 valence electrons. The molecule has 0 radical (unpaired) electrons. The van der Waals surface area contributed by atoms with E-state index in [1.165, 1.54) is 4.90 Å². The number of β-amino-alcohol motifs (C(OH)–C–C–N with tert-alkyl or cyclic N) is 1. The fourth-order valence-corrected chi connectivity index (χ4v) is 5.17. The van der Waals surface area contributed by atoms with Gasteiger partial charge in [-0.2, -0.15) is 0 Å². The van der Waals surface area contributed by atoms with E-state index in [4.69, 9.17) is 4.42 Å². The van der Waals surface area contributed by atoms with Gasteiger partial charge in [0.25, 0.3) is 11.8 Å². The Labute approximate surface area is 186 Å². The molecule has 1 aromatic heterocycles. The molecule has 1 N–H and O–H groups in total. The van der Waals surface area contributed by atoms with Crippen molar-refractivity contribution < 1.29 is 19.1 Å². The normalized spacial score (nSPS) is 19.6. The Morgan fingerprint density at radius 1 is 1.10 bits per heavy atom. The third-order valence-corrected chi connectivity index (χ3v) is 6.46. The van der Waals surface area contributed by atoms with Crippen LogP contribution in [0.5, 0.6) is 0 Å². The molecule has 1 spiro atoms. The largest absolute Gasteiger partial charge is 0.450 e. The average Bonchev–Trinajstić information content (AvgIpc) is 3.15. The quantitative estimate of drug-likeness (QED) is 0.616. The van der Waals surface area contributed by atoms with Crippen LogP contribution in [-0.2, 0) is 10.3 Å². The number of carbonyl (C=O) groups excluding carboxylic acids is 2. The summed E-state index contributed by atoms with van der Waals surface area (Å²) in [4.78, 5) is 44.1. The Bertz CT molecular complexity index is 1320. The summed E-state index contributed by atoms with van der Waals surface area (Å²) >= 11 is 3.37. The highest BCUT2D eigenvalue weighted by Crippen LogP contribution is 2.52. The van der Waals surface area contributed by atoms with E-state index in [-0.39, 0.29) is 41.4 Å². The number of rotatable bonds is 4. The van der Waals surface area contributed by atoms with Gasteiger partial charge in [-0.05, 0) is 30.7 Å². The van der Waals surface area contributed by atoms with Crippen LogP contribution in [0.15, 0.2) is 56.1 Å². The molecule has 0 bridgehead atoms. The molecule has 31 heavy (non-hydrogen) atoms. The number of amides is 2. The molecule has 2 aromatic carbocycles. The number of para-hydroxylation sites is 1. The molecule has 1 unspecified atom stereocenters. The van der Waals surface area contributed by atoms with E-state index >= 15 is 0 Å². The van der Waals surface area contributed by atoms with Gasteiger partial charge in [0.2, 0.25) is 5.76 Å². The fraction of sp³-hybridized carbons (Fsp3) is 0.261. The molecule has 1 atom stereocenters.